The van der Waals surface area contributed by atoms with E-state index in [0.717, 1.165) is 19.2 Å². The van der Waals surface area contributed by atoms with Crippen LogP contribution in [0.25, 0.3) is 0 Å². The Morgan fingerprint density at radius 2 is 1.82 bits per heavy atom. The summed E-state index contributed by atoms with van der Waals surface area (Å²) in [6.45, 7) is 1.12. The fraction of sp³-hybridized carbons (Fsp3) is 0.429. The van der Waals surface area contributed by atoms with Crippen molar-refractivity contribution in [2.75, 3.05) is 25.0 Å². The van der Waals surface area contributed by atoms with E-state index in [1.807, 2.05) is 0 Å². The maximum atomic E-state index is 13.4. The van der Waals surface area contributed by atoms with Crippen molar-refractivity contribution >= 4 is 17.5 Å². The van der Waals surface area contributed by atoms with Crippen LogP contribution in [0.4, 0.5) is 18.9 Å². The number of anilines is 1. The molecule has 0 aliphatic carbocycles. The van der Waals surface area contributed by atoms with E-state index >= 15 is 0 Å². The molecule has 1 aromatic carbocycles. The highest BCUT2D eigenvalue weighted by Crippen LogP contribution is 2.19. The van der Waals surface area contributed by atoms with Crippen LogP contribution in [0.5, 0.6) is 0 Å². The molecule has 0 aromatic heterocycles. The topological polar surface area (TPSA) is 70.2 Å². The molecule has 2 amide bonds. The Morgan fingerprint density at radius 3 is 2.50 bits per heavy atom. The molecular weight excluding hydrogens is 299 g/mol. The molecule has 120 valence electrons. The van der Waals surface area contributed by atoms with Gasteiger partial charge in [-0.15, -0.1) is 0 Å². The van der Waals surface area contributed by atoms with Gasteiger partial charge in [-0.2, -0.15) is 0 Å². The van der Waals surface area contributed by atoms with Crippen molar-refractivity contribution in [1.82, 2.24) is 10.6 Å². The van der Waals surface area contributed by atoms with Crippen LogP contribution in [0, 0.1) is 23.4 Å². The molecule has 1 aliphatic heterocycles. The van der Waals surface area contributed by atoms with Crippen LogP contribution in [0.2, 0.25) is 0 Å². The molecule has 1 fully saturated rings. The average Bonchev–Trinajstić information content (AvgIpc) is 2.54. The van der Waals surface area contributed by atoms with E-state index in [2.05, 4.69) is 16.0 Å². The molecule has 1 saturated heterocycles. The average molecular weight is 315 g/mol. The third-order valence-electron chi connectivity index (χ3n) is 3.44. The summed E-state index contributed by atoms with van der Waals surface area (Å²) in [6, 6.07) is 1.63. The van der Waals surface area contributed by atoms with E-state index in [0.29, 0.717) is 18.9 Å². The molecule has 0 spiro atoms. The van der Waals surface area contributed by atoms with E-state index in [4.69, 9.17) is 0 Å². The van der Waals surface area contributed by atoms with Crippen LogP contribution >= 0.6 is 0 Å². The number of hydrogen-bond donors (Lipinski definition) is 3. The summed E-state index contributed by atoms with van der Waals surface area (Å²) in [7, 11) is 0. The Balaban J connectivity index is 1.85. The Morgan fingerprint density at radius 1 is 1.14 bits per heavy atom. The van der Waals surface area contributed by atoms with Gasteiger partial charge in [0.2, 0.25) is 11.8 Å². The maximum Gasteiger partial charge on any atom is 0.243 e. The van der Waals surface area contributed by atoms with Crippen LogP contribution < -0.4 is 16.0 Å². The van der Waals surface area contributed by atoms with Crippen molar-refractivity contribution in [1.29, 1.82) is 0 Å². The van der Waals surface area contributed by atoms with Crippen LogP contribution in [0.15, 0.2) is 12.1 Å². The van der Waals surface area contributed by atoms with E-state index in [-0.39, 0.29) is 18.4 Å². The smallest absolute Gasteiger partial charge is 0.243 e. The molecule has 2 rings (SSSR count). The number of nitrogens with one attached hydrogen (secondary N) is 3. The molecule has 1 heterocycles. The van der Waals surface area contributed by atoms with Crippen molar-refractivity contribution in [3.8, 4) is 0 Å². The van der Waals surface area contributed by atoms with Gasteiger partial charge in [-0.25, -0.2) is 13.2 Å². The zero-order chi connectivity index (χ0) is 16.1. The van der Waals surface area contributed by atoms with Gasteiger partial charge in [0.15, 0.2) is 17.5 Å². The third-order valence-corrected chi connectivity index (χ3v) is 3.44. The lowest BCUT2D eigenvalue weighted by Gasteiger charge is -2.21. The minimum absolute atomic E-state index is 0.158. The van der Waals surface area contributed by atoms with Gasteiger partial charge in [0.1, 0.15) is 0 Å². The van der Waals surface area contributed by atoms with Crippen LogP contribution in [-0.4, -0.2) is 31.4 Å². The molecule has 22 heavy (non-hydrogen) atoms. The zero-order valence-corrected chi connectivity index (χ0v) is 11.7. The summed E-state index contributed by atoms with van der Waals surface area (Å²) in [5.74, 6) is -5.59. The number of halogens is 3. The predicted molar refractivity (Wildman–Crippen MR) is 73.5 cm³/mol. The van der Waals surface area contributed by atoms with E-state index in [9.17, 15) is 22.8 Å². The maximum absolute atomic E-state index is 13.4. The van der Waals surface area contributed by atoms with Crippen LogP contribution in [0.1, 0.15) is 12.8 Å². The van der Waals surface area contributed by atoms with Crippen molar-refractivity contribution in [2.45, 2.75) is 12.8 Å². The molecule has 3 N–H and O–H groups in total. The number of piperidine rings is 1. The number of carbonyl (C=O) groups is 2. The van der Waals surface area contributed by atoms with Gasteiger partial charge in [-0.3, -0.25) is 9.59 Å². The molecule has 0 atom stereocenters. The highest BCUT2D eigenvalue weighted by atomic mass is 19.2. The fourth-order valence-electron chi connectivity index (χ4n) is 2.21. The van der Waals surface area contributed by atoms with Gasteiger partial charge in [0, 0.05) is 5.92 Å². The molecule has 0 bridgehead atoms. The van der Waals surface area contributed by atoms with Gasteiger partial charge >= 0.3 is 0 Å². The summed E-state index contributed by atoms with van der Waals surface area (Å²) in [6.07, 6.45) is 1.37. The first-order chi connectivity index (χ1) is 10.5. The summed E-state index contributed by atoms with van der Waals surface area (Å²) in [5, 5.41) is 7.65. The summed E-state index contributed by atoms with van der Waals surface area (Å²) in [5.41, 5.74) is -0.472. The van der Waals surface area contributed by atoms with Gasteiger partial charge in [-0.05, 0) is 38.1 Å². The summed E-state index contributed by atoms with van der Waals surface area (Å²) < 4.78 is 39.2. The minimum atomic E-state index is -1.66. The molecule has 1 aliphatic rings. The fourth-order valence-corrected chi connectivity index (χ4v) is 2.21. The van der Waals surface area contributed by atoms with Gasteiger partial charge in [0.25, 0.3) is 0 Å². The number of carbonyl (C=O) groups excluding carboxylic acids is 2. The van der Waals surface area contributed by atoms with E-state index < -0.39 is 29.0 Å². The van der Waals surface area contributed by atoms with Crippen LogP contribution in [-0.2, 0) is 9.59 Å². The third kappa shape index (κ3) is 3.97. The monoisotopic (exact) mass is 315 g/mol. The minimum Gasteiger partial charge on any atom is -0.347 e. The molecule has 1 aromatic rings. The lowest BCUT2D eigenvalue weighted by atomic mass is 9.97. The lowest BCUT2D eigenvalue weighted by molar-refractivity contribution is -0.127. The van der Waals surface area contributed by atoms with Crippen molar-refractivity contribution in [2.24, 2.45) is 5.92 Å². The second-order valence-electron chi connectivity index (χ2n) is 5.01. The number of benzene rings is 1. The number of amides is 2. The van der Waals surface area contributed by atoms with Gasteiger partial charge in [-0.1, -0.05) is 0 Å². The number of hydrogen-bond acceptors (Lipinski definition) is 3. The second kappa shape index (κ2) is 7.26. The first kappa shape index (κ1) is 16.3. The highest BCUT2D eigenvalue weighted by molar-refractivity contribution is 5.94. The number of rotatable bonds is 4. The van der Waals surface area contributed by atoms with Crippen molar-refractivity contribution in [3.63, 3.8) is 0 Å². The molecule has 0 saturated carbocycles. The zero-order valence-electron chi connectivity index (χ0n) is 11.7. The molecule has 0 unspecified atom stereocenters. The quantitative estimate of drug-likeness (QED) is 0.730. The molecule has 8 heteroatoms. The summed E-state index contributed by atoms with van der Waals surface area (Å²) in [4.78, 5) is 23.4. The van der Waals surface area contributed by atoms with Crippen molar-refractivity contribution < 1.29 is 22.8 Å². The SMILES string of the molecule is O=C(CNC(=O)C1CCNCC1)Nc1ccc(F)c(F)c1F. The second-order valence-corrected chi connectivity index (χ2v) is 5.01. The standard InChI is InChI=1S/C14H16F3N3O2/c15-9-1-2-10(13(17)12(9)16)20-11(21)7-19-14(22)8-3-5-18-6-4-8/h1-2,8,18H,3-7H2,(H,19,22)(H,20,21). The normalized spacial score (nSPS) is 15.4. The van der Waals surface area contributed by atoms with E-state index in [1.54, 1.807) is 0 Å². The first-order valence-electron chi connectivity index (χ1n) is 6.91. The van der Waals surface area contributed by atoms with Crippen LogP contribution in [0.3, 0.4) is 0 Å². The summed E-state index contributed by atoms with van der Waals surface area (Å²) >= 11 is 0. The van der Waals surface area contributed by atoms with Gasteiger partial charge < -0.3 is 16.0 Å². The largest absolute Gasteiger partial charge is 0.347 e. The Kier molecular flexibility index (Phi) is 5.37. The van der Waals surface area contributed by atoms with Gasteiger partial charge in [0.05, 0.1) is 12.2 Å². The molecular formula is C14H16F3N3O2. The predicted octanol–water partition coefficient (Wildman–Crippen LogP) is 1.16. The molecule has 0 radical (unpaired) electrons. The first-order valence-corrected chi connectivity index (χ1v) is 6.91. The van der Waals surface area contributed by atoms with E-state index in [1.165, 1.54) is 0 Å². The lowest BCUT2D eigenvalue weighted by Crippen LogP contribution is -2.41. The molecule has 5 nitrogen and oxygen atoms in total. The van der Waals surface area contributed by atoms with Crippen molar-refractivity contribution in [3.05, 3.63) is 29.6 Å². The highest BCUT2D eigenvalue weighted by Gasteiger charge is 2.21. The Hall–Kier alpha value is -2.09. The Bertz CT molecular complexity index is 575. The Labute approximate surface area is 125 Å².